The molecule has 0 aliphatic carbocycles. The van der Waals surface area contributed by atoms with E-state index in [9.17, 15) is 23.1 Å². The summed E-state index contributed by atoms with van der Waals surface area (Å²) < 4.78 is 32.2. The quantitative estimate of drug-likeness (QED) is 0.555. The molecule has 1 heterocycles. The maximum atomic E-state index is 13.0. The van der Waals surface area contributed by atoms with Crippen molar-refractivity contribution in [2.75, 3.05) is 19.0 Å². The molecule has 0 radical (unpaired) electrons. The molecule has 2 N–H and O–H groups in total. The number of piperidine rings is 1. The zero-order chi connectivity index (χ0) is 21.9. The Hall–Kier alpha value is -2.91. The summed E-state index contributed by atoms with van der Waals surface area (Å²) in [4.78, 5) is 24.4. The van der Waals surface area contributed by atoms with Crippen LogP contribution < -0.4 is 5.32 Å². The predicted molar refractivity (Wildman–Crippen MR) is 111 cm³/mol. The van der Waals surface area contributed by atoms with E-state index in [0.29, 0.717) is 6.54 Å². The maximum Gasteiger partial charge on any atom is 0.341 e. The van der Waals surface area contributed by atoms with Crippen LogP contribution >= 0.6 is 0 Å². The van der Waals surface area contributed by atoms with Crippen molar-refractivity contribution < 1.29 is 27.9 Å². The van der Waals surface area contributed by atoms with Gasteiger partial charge in [0, 0.05) is 18.2 Å². The highest BCUT2D eigenvalue weighted by Crippen LogP contribution is 2.29. The molecular weight excluding hydrogens is 408 g/mol. The third kappa shape index (κ3) is 4.31. The number of sulfonamides is 1. The van der Waals surface area contributed by atoms with Crippen LogP contribution in [0.2, 0.25) is 0 Å². The van der Waals surface area contributed by atoms with Gasteiger partial charge in [0.2, 0.25) is 10.0 Å². The maximum absolute atomic E-state index is 13.0. The van der Waals surface area contributed by atoms with Gasteiger partial charge in [0.05, 0.1) is 17.7 Å². The first kappa shape index (κ1) is 21.8. The number of carbonyl (C=O) groups excluding carboxylic acids is 2. The van der Waals surface area contributed by atoms with E-state index in [1.165, 1.54) is 53.9 Å². The van der Waals surface area contributed by atoms with Gasteiger partial charge in [-0.25, -0.2) is 13.2 Å². The molecule has 0 bridgehead atoms. The van der Waals surface area contributed by atoms with Crippen LogP contribution in [-0.2, 0) is 14.8 Å². The minimum absolute atomic E-state index is 0.0146. The number of carbonyl (C=O) groups is 2. The van der Waals surface area contributed by atoms with Gasteiger partial charge in [0.15, 0.2) is 5.75 Å². The van der Waals surface area contributed by atoms with Crippen molar-refractivity contribution in [1.29, 1.82) is 0 Å². The molecule has 1 fully saturated rings. The third-order valence-corrected chi connectivity index (χ3v) is 7.14. The van der Waals surface area contributed by atoms with Gasteiger partial charge in [-0.3, -0.25) is 4.79 Å². The minimum Gasteiger partial charge on any atom is -0.505 e. The smallest absolute Gasteiger partial charge is 0.341 e. The van der Waals surface area contributed by atoms with E-state index in [1.54, 1.807) is 0 Å². The summed E-state index contributed by atoms with van der Waals surface area (Å²) in [5.74, 6) is -1.79. The highest BCUT2D eigenvalue weighted by atomic mass is 32.2. The van der Waals surface area contributed by atoms with Gasteiger partial charge in [-0.2, -0.15) is 4.31 Å². The van der Waals surface area contributed by atoms with Gasteiger partial charge in [-0.1, -0.05) is 18.6 Å². The number of rotatable bonds is 5. The molecule has 1 aliphatic rings. The van der Waals surface area contributed by atoms with E-state index in [-0.39, 0.29) is 27.8 Å². The lowest BCUT2D eigenvalue weighted by atomic mass is 10.1. The number of para-hydroxylation sites is 1. The van der Waals surface area contributed by atoms with E-state index >= 15 is 0 Å². The Kier molecular flexibility index (Phi) is 6.42. The highest BCUT2D eigenvalue weighted by Gasteiger charge is 2.31. The first-order valence-corrected chi connectivity index (χ1v) is 11.0. The Balaban J connectivity index is 1.86. The summed E-state index contributed by atoms with van der Waals surface area (Å²) >= 11 is 0. The highest BCUT2D eigenvalue weighted by molar-refractivity contribution is 7.89. The largest absolute Gasteiger partial charge is 0.505 e. The second-order valence-corrected chi connectivity index (χ2v) is 9.03. The number of aromatic hydroxyl groups is 1. The number of phenolic OH excluding ortho intramolecular Hbond substituents is 1. The van der Waals surface area contributed by atoms with Crippen molar-refractivity contribution in [3.05, 3.63) is 53.6 Å². The number of methoxy groups -OCH3 is 1. The van der Waals surface area contributed by atoms with Crippen molar-refractivity contribution in [1.82, 2.24) is 4.31 Å². The molecule has 1 aliphatic heterocycles. The molecular formula is C21H24N2O6S. The molecule has 1 saturated heterocycles. The Morgan fingerprint density at radius 1 is 1.17 bits per heavy atom. The fourth-order valence-electron chi connectivity index (χ4n) is 3.48. The summed E-state index contributed by atoms with van der Waals surface area (Å²) in [6, 6.07) is 9.94. The molecule has 8 nitrogen and oxygen atoms in total. The van der Waals surface area contributed by atoms with E-state index in [2.05, 4.69) is 10.1 Å². The molecule has 160 valence electrons. The van der Waals surface area contributed by atoms with Crippen molar-refractivity contribution >= 4 is 27.6 Å². The van der Waals surface area contributed by atoms with Gasteiger partial charge in [0.1, 0.15) is 5.56 Å². The average Bonchev–Trinajstić information content (AvgIpc) is 2.75. The second kappa shape index (κ2) is 8.85. The molecule has 1 amide bonds. The number of benzene rings is 2. The zero-order valence-electron chi connectivity index (χ0n) is 16.8. The molecule has 1 unspecified atom stereocenters. The molecule has 2 aromatic carbocycles. The molecule has 0 saturated carbocycles. The molecule has 0 aromatic heterocycles. The van der Waals surface area contributed by atoms with E-state index in [4.69, 9.17) is 0 Å². The van der Waals surface area contributed by atoms with Crippen LogP contribution in [-0.4, -0.2) is 49.4 Å². The van der Waals surface area contributed by atoms with Crippen molar-refractivity contribution in [2.24, 2.45) is 0 Å². The molecule has 0 spiro atoms. The van der Waals surface area contributed by atoms with Gasteiger partial charge in [-0.15, -0.1) is 0 Å². The van der Waals surface area contributed by atoms with E-state index < -0.39 is 27.6 Å². The summed E-state index contributed by atoms with van der Waals surface area (Å²) in [7, 11) is -2.54. The number of phenols is 1. The SMILES string of the molecule is COC(=O)c1cccc(NC(=O)c2cccc(S(=O)(=O)N3CCCCC3C)c2)c1O. The minimum atomic E-state index is -3.73. The van der Waals surface area contributed by atoms with Gasteiger partial charge < -0.3 is 15.2 Å². The zero-order valence-corrected chi connectivity index (χ0v) is 17.6. The van der Waals surface area contributed by atoms with Gasteiger partial charge in [0.25, 0.3) is 5.91 Å². The second-order valence-electron chi connectivity index (χ2n) is 7.14. The molecule has 1 atom stereocenters. The average molecular weight is 432 g/mol. The Labute approximate surface area is 175 Å². The molecule has 9 heteroatoms. The summed E-state index contributed by atoms with van der Waals surface area (Å²) in [6.45, 7) is 2.33. The summed E-state index contributed by atoms with van der Waals surface area (Å²) in [5.41, 5.74) is 0.0372. The van der Waals surface area contributed by atoms with Gasteiger partial charge in [-0.05, 0) is 50.1 Å². The number of anilines is 1. The van der Waals surface area contributed by atoms with Crippen LogP contribution in [0.15, 0.2) is 47.4 Å². The van der Waals surface area contributed by atoms with E-state index in [0.717, 1.165) is 19.3 Å². The van der Waals surface area contributed by atoms with Crippen molar-refractivity contribution in [3.8, 4) is 5.75 Å². The van der Waals surface area contributed by atoms with Crippen LogP contribution in [0.3, 0.4) is 0 Å². The lowest BCUT2D eigenvalue weighted by molar-refractivity contribution is 0.0597. The number of amides is 1. The van der Waals surface area contributed by atoms with Crippen LogP contribution in [0.4, 0.5) is 5.69 Å². The predicted octanol–water partition coefficient (Wildman–Crippen LogP) is 2.99. The monoisotopic (exact) mass is 432 g/mol. The van der Waals surface area contributed by atoms with Crippen LogP contribution in [0, 0.1) is 0 Å². The van der Waals surface area contributed by atoms with Crippen LogP contribution in [0.5, 0.6) is 5.75 Å². The van der Waals surface area contributed by atoms with Crippen LogP contribution in [0.25, 0.3) is 0 Å². The van der Waals surface area contributed by atoms with Crippen LogP contribution in [0.1, 0.15) is 46.9 Å². The number of hydrogen-bond acceptors (Lipinski definition) is 6. The van der Waals surface area contributed by atoms with E-state index in [1.807, 2.05) is 6.92 Å². The van der Waals surface area contributed by atoms with Crippen molar-refractivity contribution in [2.45, 2.75) is 37.1 Å². The lowest BCUT2D eigenvalue weighted by Gasteiger charge is -2.32. The lowest BCUT2D eigenvalue weighted by Crippen LogP contribution is -2.41. The first-order chi connectivity index (χ1) is 14.3. The molecule has 30 heavy (non-hydrogen) atoms. The first-order valence-electron chi connectivity index (χ1n) is 9.59. The van der Waals surface area contributed by atoms with Gasteiger partial charge >= 0.3 is 5.97 Å². The Morgan fingerprint density at radius 2 is 1.90 bits per heavy atom. The number of nitrogens with one attached hydrogen (secondary N) is 1. The molecule has 2 aromatic rings. The molecule has 3 rings (SSSR count). The number of hydrogen-bond donors (Lipinski definition) is 2. The fraction of sp³-hybridized carbons (Fsp3) is 0.333. The standard InChI is InChI=1S/C21H24N2O6S/c1-14-7-3-4-12-23(14)30(27,28)16-9-5-8-15(13-16)20(25)22-18-11-6-10-17(19(18)24)21(26)29-2/h5-6,8-11,13-14,24H,3-4,7,12H2,1-2H3,(H,22,25). The third-order valence-electron chi connectivity index (χ3n) is 5.13. The topological polar surface area (TPSA) is 113 Å². The van der Waals surface area contributed by atoms with Crippen molar-refractivity contribution in [3.63, 3.8) is 0 Å². The fourth-order valence-corrected chi connectivity index (χ4v) is 5.22. The normalized spacial score (nSPS) is 17.3. The summed E-state index contributed by atoms with van der Waals surface area (Å²) in [5, 5.41) is 12.8. The number of ether oxygens (including phenoxy) is 1. The Bertz CT molecular complexity index is 1070. The number of esters is 1. The number of nitrogens with zero attached hydrogens (tertiary/aromatic N) is 1. The Morgan fingerprint density at radius 3 is 2.60 bits per heavy atom. The summed E-state index contributed by atoms with van der Waals surface area (Å²) in [6.07, 6.45) is 2.60.